The number of hydrogen-bond acceptors (Lipinski definition) is 3. The van der Waals surface area contributed by atoms with Crippen LogP contribution in [-0.4, -0.2) is 34.9 Å². The molecule has 0 bridgehead atoms. The fraction of sp³-hybridized carbons (Fsp3) is 0.866. The lowest BCUT2D eigenvalue weighted by atomic mass is 10.0. The standard InChI is InChI=1S/C82H155NO3/c1-3-5-7-9-11-13-15-17-19-21-23-25-27-29-31-33-35-37-38-39-40-41-42-43-44-46-48-50-52-54-56-58-60-62-64-66-68-70-72-74-76-78-82(86)83-80(79-84)81(85)77-75-73-71-69-67-65-63-61-59-57-55-53-51-49-47-45-36-34-32-30-28-26-24-22-20-18-16-14-12-10-8-6-4-2/h15,17,21,23,27,29,67,69,75,77,80-81,84-85H,3-14,16,18-20,22,24-26,28,30-66,68,70-74,76,78-79H2,1-2H3,(H,83,86)/b17-15-,23-21-,29-27-,69-67+,77-75+. The van der Waals surface area contributed by atoms with Gasteiger partial charge in [0.15, 0.2) is 0 Å². The largest absolute Gasteiger partial charge is 0.394 e. The molecular weight excluding hydrogens is 1050 g/mol. The molecule has 0 aromatic carbocycles. The van der Waals surface area contributed by atoms with Crippen molar-refractivity contribution in [3.8, 4) is 0 Å². The number of allylic oxidation sites excluding steroid dienone is 9. The van der Waals surface area contributed by atoms with E-state index in [4.69, 9.17) is 0 Å². The number of hydrogen-bond donors (Lipinski definition) is 3. The molecule has 2 atom stereocenters. The van der Waals surface area contributed by atoms with E-state index in [1.54, 1.807) is 6.08 Å². The molecule has 0 aliphatic rings. The Bertz CT molecular complexity index is 1410. The molecule has 2 unspecified atom stereocenters. The summed E-state index contributed by atoms with van der Waals surface area (Å²) in [5.41, 5.74) is 0. The summed E-state index contributed by atoms with van der Waals surface area (Å²) in [7, 11) is 0. The highest BCUT2D eigenvalue weighted by Crippen LogP contribution is 2.20. The molecule has 0 fully saturated rings. The van der Waals surface area contributed by atoms with Crippen molar-refractivity contribution in [2.75, 3.05) is 6.61 Å². The summed E-state index contributed by atoms with van der Waals surface area (Å²) in [4.78, 5) is 12.6. The zero-order valence-corrected chi connectivity index (χ0v) is 58.6. The van der Waals surface area contributed by atoms with Crippen LogP contribution in [0.15, 0.2) is 60.8 Å². The summed E-state index contributed by atoms with van der Waals surface area (Å²) in [6.07, 6.45) is 111. The zero-order chi connectivity index (χ0) is 61.9. The van der Waals surface area contributed by atoms with Crippen molar-refractivity contribution in [1.29, 1.82) is 0 Å². The van der Waals surface area contributed by atoms with Gasteiger partial charge in [-0.1, -0.05) is 421 Å². The molecule has 0 aliphatic carbocycles. The number of carbonyl (C=O) groups excluding carboxylic acids is 1. The highest BCUT2D eigenvalue weighted by Gasteiger charge is 2.18. The third-order valence-corrected chi connectivity index (χ3v) is 18.5. The fourth-order valence-electron chi connectivity index (χ4n) is 12.5. The lowest BCUT2D eigenvalue weighted by Gasteiger charge is -2.19. The van der Waals surface area contributed by atoms with Gasteiger partial charge in [0.25, 0.3) is 0 Å². The number of rotatable bonds is 74. The SMILES string of the molecule is CCCCCCC/C=C\C/C=C\C/C=C\CCCCCCCCCCCCCCCCCCCCCCCCCCCCC(=O)NC(CO)C(O)/C=C/CC/C=C/CCCCCCCCCCCCCCCCCCCCCCCCCCCCC. The van der Waals surface area contributed by atoms with Crippen molar-refractivity contribution in [3.63, 3.8) is 0 Å². The Morgan fingerprint density at radius 1 is 0.279 bits per heavy atom. The van der Waals surface area contributed by atoms with Gasteiger partial charge in [-0.3, -0.25) is 4.79 Å². The van der Waals surface area contributed by atoms with Crippen molar-refractivity contribution >= 4 is 5.91 Å². The topological polar surface area (TPSA) is 69.6 Å². The molecular formula is C82H155NO3. The van der Waals surface area contributed by atoms with E-state index < -0.39 is 12.1 Å². The van der Waals surface area contributed by atoms with E-state index in [-0.39, 0.29) is 12.5 Å². The van der Waals surface area contributed by atoms with Gasteiger partial charge in [0.1, 0.15) is 0 Å². The Morgan fingerprint density at radius 2 is 0.488 bits per heavy atom. The number of amides is 1. The molecule has 0 heterocycles. The summed E-state index contributed by atoms with van der Waals surface area (Å²) in [5.74, 6) is -0.0653. The fourth-order valence-corrected chi connectivity index (χ4v) is 12.5. The first-order chi connectivity index (χ1) is 42.7. The summed E-state index contributed by atoms with van der Waals surface area (Å²) >= 11 is 0. The maximum absolute atomic E-state index is 12.6. The average Bonchev–Trinajstić information content (AvgIpc) is 3.59. The second-order valence-corrected chi connectivity index (χ2v) is 27.1. The van der Waals surface area contributed by atoms with Crippen molar-refractivity contribution in [3.05, 3.63) is 60.8 Å². The Balaban J connectivity index is 3.42. The quantitative estimate of drug-likeness (QED) is 0.0420. The highest BCUT2D eigenvalue weighted by atomic mass is 16.3. The van der Waals surface area contributed by atoms with Gasteiger partial charge in [0.05, 0.1) is 18.8 Å². The van der Waals surface area contributed by atoms with Gasteiger partial charge in [-0.15, -0.1) is 0 Å². The van der Waals surface area contributed by atoms with Crippen molar-refractivity contribution in [2.45, 2.75) is 450 Å². The van der Waals surface area contributed by atoms with Crippen molar-refractivity contribution in [2.24, 2.45) is 0 Å². The molecule has 0 radical (unpaired) electrons. The normalized spacial score (nSPS) is 12.9. The van der Waals surface area contributed by atoms with Crippen LogP contribution in [0.5, 0.6) is 0 Å². The van der Waals surface area contributed by atoms with E-state index >= 15 is 0 Å². The van der Waals surface area contributed by atoms with Gasteiger partial charge in [-0.2, -0.15) is 0 Å². The second-order valence-electron chi connectivity index (χ2n) is 27.1. The molecule has 0 saturated carbocycles. The zero-order valence-electron chi connectivity index (χ0n) is 58.6. The molecule has 86 heavy (non-hydrogen) atoms. The molecule has 1 amide bonds. The van der Waals surface area contributed by atoms with E-state index in [2.05, 4.69) is 67.8 Å². The summed E-state index contributed by atoms with van der Waals surface area (Å²) in [6, 6.07) is -0.641. The Kier molecular flexibility index (Phi) is 75.6. The molecule has 0 aromatic rings. The number of nitrogens with one attached hydrogen (secondary N) is 1. The van der Waals surface area contributed by atoms with Crippen LogP contribution >= 0.6 is 0 Å². The van der Waals surface area contributed by atoms with Crippen LogP contribution in [0.1, 0.15) is 438 Å². The molecule has 0 aromatic heterocycles. The van der Waals surface area contributed by atoms with Gasteiger partial charge < -0.3 is 15.5 Å². The summed E-state index contributed by atoms with van der Waals surface area (Å²) in [6.45, 7) is 4.33. The third-order valence-electron chi connectivity index (χ3n) is 18.5. The van der Waals surface area contributed by atoms with Crippen LogP contribution in [-0.2, 0) is 4.79 Å². The minimum atomic E-state index is -0.864. The molecule has 506 valence electrons. The molecule has 4 heteroatoms. The Hall–Kier alpha value is -1.91. The first-order valence-corrected chi connectivity index (χ1v) is 39.5. The van der Waals surface area contributed by atoms with Crippen LogP contribution in [0.4, 0.5) is 0 Å². The van der Waals surface area contributed by atoms with Crippen LogP contribution in [0.25, 0.3) is 0 Å². The maximum atomic E-state index is 12.6. The van der Waals surface area contributed by atoms with Gasteiger partial charge in [0, 0.05) is 6.42 Å². The molecule has 0 aliphatic heterocycles. The maximum Gasteiger partial charge on any atom is 0.220 e. The lowest BCUT2D eigenvalue weighted by Crippen LogP contribution is -2.45. The molecule has 3 N–H and O–H groups in total. The van der Waals surface area contributed by atoms with E-state index in [9.17, 15) is 15.0 Å². The number of aliphatic hydroxyl groups excluding tert-OH is 2. The van der Waals surface area contributed by atoms with E-state index in [1.165, 1.54) is 372 Å². The highest BCUT2D eigenvalue weighted by molar-refractivity contribution is 5.76. The number of unbranched alkanes of at least 4 members (excludes halogenated alkanes) is 59. The average molecular weight is 1200 g/mol. The molecule has 0 spiro atoms. The van der Waals surface area contributed by atoms with Crippen LogP contribution in [0, 0.1) is 0 Å². The number of aliphatic hydroxyl groups is 2. The predicted octanol–water partition coefficient (Wildman–Crippen LogP) is 27.4. The van der Waals surface area contributed by atoms with Gasteiger partial charge >= 0.3 is 0 Å². The molecule has 0 saturated heterocycles. The number of carbonyl (C=O) groups is 1. The second kappa shape index (κ2) is 77.3. The van der Waals surface area contributed by atoms with Crippen LogP contribution in [0.2, 0.25) is 0 Å². The van der Waals surface area contributed by atoms with E-state index in [0.29, 0.717) is 6.42 Å². The van der Waals surface area contributed by atoms with Gasteiger partial charge in [0.2, 0.25) is 5.91 Å². The predicted molar refractivity (Wildman–Crippen MR) is 387 cm³/mol. The minimum absolute atomic E-state index is 0.0653. The summed E-state index contributed by atoms with van der Waals surface area (Å²) < 4.78 is 0. The van der Waals surface area contributed by atoms with Crippen LogP contribution < -0.4 is 5.32 Å². The molecule has 0 rings (SSSR count). The lowest BCUT2D eigenvalue weighted by molar-refractivity contribution is -0.123. The first-order valence-electron chi connectivity index (χ1n) is 39.5. The Morgan fingerprint density at radius 3 is 0.756 bits per heavy atom. The van der Waals surface area contributed by atoms with Crippen molar-refractivity contribution < 1.29 is 15.0 Å². The first kappa shape index (κ1) is 84.1. The van der Waals surface area contributed by atoms with E-state index in [1.807, 2.05) is 6.08 Å². The smallest absolute Gasteiger partial charge is 0.220 e. The van der Waals surface area contributed by atoms with Gasteiger partial charge in [-0.25, -0.2) is 0 Å². The van der Waals surface area contributed by atoms with E-state index in [0.717, 1.165) is 44.9 Å². The van der Waals surface area contributed by atoms with Crippen LogP contribution in [0.3, 0.4) is 0 Å². The Labute approximate surface area is 540 Å². The summed E-state index contributed by atoms with van der Waals surface area (Å²) in [5, 5.41) is 23.3. The molecule has 4 nitrogen and oxygen atoms in total. The van der Waals surface area contributed by atoms with Crippen molar-refractivity contribution in [1.82, 2.24) is 5.32 Å². The van der Waals surface area contributed by atoms with Gasteiger partial charge in [-0.05, 0) is 70.6 Å². The minimum Gasteiger partial charge on any atom is -0.394 e. The third kappa shape index (κ3) is 72.8. The monoisotopic (exact) mass is 1200 g/mol.